The van der Waals surface area contributed by atoms with Crippen molar-refractivity contribution in [1.82, 2.24) is 14.9 Å². The number of nitrogens with zero attached hydrogens (tertiary/aromatic N) is 3. The van der Waals surface area contributed by atoms with Gasteiger partial charge in [-0.25, -0.2) is 0 Å². The van der Waals surface area contributed by atoms with Crippen LogP contribution in [0, 0.1) is 0 Å². The molecule has 34 heavy (non-hydrogen) atoms. The predicted molar refractivity (Wildman–Crippen MR) is 137 cm³/mol. The average Bonchev–Trinajstić information content (AvgIpc) is 3.60. The molecule has 2 N–H and O–H groups in total. The lowest BCUT2D eigenvalue weighted by molar-refractivity contribution is -0.119. The Bertz CT molecular complexity index is 1140. The van der Waals surface area contributed by atoms with Crippen molar-refractivity contribution in [3.63, 3.8) is 0 Å². The SMILES string of the molecule is COCC(=O)Nc1ccc(N2C(=S)N[C@@H](c3ccccn3)[C@H]2c2cccn2C2CCCC2)cc1. The largest absolute Gasteiger partial charge is 0.375 e. The molecule has 0 bridgehead atoms. The number of hydrogen-bond acceptors (Lipinski definition) is 4. The normalized spacial score (nSPS) is 20.5. The molecule has 8 heteroatoms. The minimum atomic E-state index is -0.184. The molecule has 2 aliphatic rings. The van der Waals surface area contributed by atoms with Crippen LogP contribution in [0.25, 0.3) is 0 Å². The van der Waals surface area contributed by atoms with Gasteiger partial charge in [-0.2, -0.15) is 0 Å². The second-order valence-electron chi connectivity index (χ2n) is 8.80. The standard InChI is InChI=1S/C26H29N5O2S/c1-33-17-23(32)28-18-11-13-20(14-12-18)31-25(22-10-6-16-30(22)19-7-2-3-8-19)24(29-26(31)34)21-9-4-5-15-27-21/h4-6,9-16,19,24-25H,2-3,7-8,17H2,1H3,(H,28,32)(H,29,34)/t24-,25+/m0/s1. The maximum Gasteiger partial charge on any atom is 0.250 e. The van der Waals surface area contributed by atoms with Crippen molar-refractivity contribution >= 4 is 34.6 Å². The van der Waals surface area contributed by atoms with Crippen LogP contribution >= 0.6 is 12.2 Å². The van der Waals surface area contributed by atoms with E-state index in [1.807, 2.05) is 48.7 Å². The zero-order valence-corrected chi connectivity index (χ0v) is 20.0. The van der Waals surface area contributed by atoms with Gasteiger partial charge in [-0.3, -0.25) is 9.78 Å². The predicted octanol–water partition coefficient (Wildman–Crippen LogP) is 4.76. The molecule has 0 unspecified atom stereocenters. The highest BCUT2D eigenvalue weighted by Crippen LogP contribution is 2.43. The lowest BCUT2D eigenvalue weighted by atomic mass is 10.00. The molecule has 1 aliphatic carbocycles. The summed E-state index contributed by atoms with van der Waals surface area (Å²) in [5, 5.41) is 7.04. The van der Waals surface area contributed by atoms with Gasteiger partial charge in [0.1, 0.15) is 12.6 Å². The average molecular weight is 476 g/mol. The third-order valence-corrected chi connectivity index (χ3v) is 6.95. The van der Waals surface area contributed by atoms with Crippen LogP contribution in [0.3, 0.4) is 0 Å². The van der Waals surface area contributed by atoms with Crippen molar-refractivity contribution in [3.05, 3.63) is 78.4 Å². The highest BCUT2D eigenvalue weighted by molar-refractivity contribution is 7.80. The third kappa shape index (κ3) is 4.43. The Hall–Kier alpha value is -3.23. The molecule has 1 saturated carbocycles. The lowest BCUT2D eigenvalue weighted by Gasteiger charge is -2.30. The fraction of sp³-hybridized carbons (Fsp3) is 0.346. The molecule has 2 atom stereocenters. The number of carbonyl (C=O) groups is 1. The molecule has 176 valence electrons. The Balaban J connectivity index is 1.51. The van der Waals surface area contributed by atoms with Crippen LogP contribution in [0.4, 0.5) is 11.4 Å². The van der Waals surface area contributed by atoms with E-state index in [-0.39, 0.29) is 24.6 Å². The molecular formula is C26H29N5O2S. The highest BCUT2D eigenvalue weighted by Gasteiger charge is 2.42. The van der Waals surface area contributed by atoms with Crippen LogP contribution < -0.4 is 15.5 Å². The van der Waals surface area contributed by atoms with Crippen molar-refractivity contribution in [3.8, 4) is 0 Å². The number of anilines is 2. The first kappa shape index (κ1) is 22.6. The summed E-state index contributed by atoms with van der Waals surface area (Å²) < 4.78 is 7.34. The second-order valence-corrected chi connectivity index (χ2v) is 9.19. The minimum absolute atomic E-state index is 0.0217. The van der Waals surface area contributed by atoms with E-state index in [1.165, 1.54) is 38.5 Å². The number of hydrogen-bond donors (Lipinski definition) is 2. The van der Waals surface area contributed by atoms with Crippen molar-refractivity contribution in [2.24, 2.45) is 0 Å². The molecule has 1 amide bonds. The summed E-state index contributed by atoms with van der Waals surface area (Å²) in [6.45, 7) is 0.0217. The monoisotopic (exact) mass is 475 g/mol. The van der Waals surface area contributed by atoms with Crippen molar-refractivity contribution in [1.29, 1.82) is 0 Å². The summed E-state index contributed by atoms with van der Waals surface area (Å²) in [6.07, 6.45) is 8.98. The minimum Gasteiger partial charge on any atom is -0.375 e. The van der Waals surface area contributed by atoms with Gasteiger partial charge in [-0.05, 0) is 73.6 Å². The molecule has 1 aromatic carbocycles. The van der Waals surface area contributed by atoms with Gasteiger partial charge in [0.2, 0.25) is 5.91 Å². The van der Waals surface area contributed by atoms with Crippen molar-refractivity contribution < 1.29 is 9.53 Å². The smallest absolute Gasteiger partial charge is 0.250 e. The number of pyridine rings is 1. The summed E-state index contributed by atoms with van der Waals surface area (Å²) in [5.74, 6) is -0.184. The van der Waals surface area contributed by atoms with Gasteiger partial charge < -0.3 is 24.8 Å². The number of ether oxygens (including phenoxy) is 1. The summed E-state index contributed by atoms with van der Waals surface area (Å²) in [6, 6.07) is 18.5. The fourth-order valence-corrected chi connectivity index (χ4v) is 5.49. The van der Waals surface area contributed by atoms with Gasteiger partial charge in [0, 0.05) is 42.6 Å². The van der Waals surface area contributed by atoms with Gasteiger partial charge in [-0.15, -0.1) is 0 Å². The number of methoxy groups -OCH3 is 1. The summed E-state index contributed by atoms with van der Waals surface area (Å²) in [4.78, 5) is 18.7. The molecule has 5 rings (SSSR count). The Morgan fingerprint density at radius 3 is 2.65 bits per heavy atom. The Morgan fingerprint density at radius 1 is 1.15 bits per heavy atom. The molecule has 2 aromatic heterocycles. The van der Waals surface area contributed by atoms with Crippen LogP contribution in [-0.2, 0) is 9.53 Å². The zero-order chi connectivity index (χ0) is 23.5. The van der Waals surface area contributed by atoms with E-state index in [0.29, 0.717) is 11.2 Å². The van der Waals surface area contributed by atoms with Gasteiger partial charge in [0.15, 0.2) is 5.11 Å². The molecule has 2 fully saturated rings. The molecule has 1 saturated heterocycles. The number of nitrogens with one attached hydrogen (secondary N) is 2. The van der Waals surface area contributed by atoms with Gasteiger partial charge in [0.05, 0.1) is 11.7 Å². The Labute approximate surface area is 205 Å². The number of benzene rings is 1. The van der Waals surface area contributed by atoms with Crippen LogP contribution in [-0.4, -0.2) is 34.3 Å². The quantitative estimate of drug-likeness (QED) is 0.480. The molecule has 0 radical (unpaired) electrons. The topological polar surface area (TPSA) is 71.4 Å². The first-order valence-electron chi connectivity index (χ1n) is 11.7. The maximum atomic E-state index is 11.9. The van der Waals surface area contributed by atoms with Crippen molar-refractivity contribution in [2.75, 3.05) is 23.9 Å². The number of aromatic nitrogens is 2. The summed E-state index contributed by atoms with van der Waals surface area (Å²) in [7, 11) is 1.50. The number of carbonyl (C=O) groups excluding carboxylic acids is 1. The highest BCUT2D eigenvalue weighted by atomic mass is 32.1. The maximum absolute atomic E-state index is 11.9. The number of amides is 1. The van der Waals surface area contributed by atoms with E-state index in [9.17, 15) is 4.79 Å². The zero-order valence-electron chi connectivity index (χ0n) is 19.2. The number of rotatable bonds is 7. The Morgan fingerprint density at radius 2 is 1.94 bits per heavy atom. The summed E-state index contributed by atoms with van der Waals surface area (Å²) in [5.41, 5.74) is 3.87. The van der Waals surface area contributed by atoms with Crippen molar-refractivity contribution in [2.45, 2.75) is 43.8 Å². The van der Waals surface area contributed by atoms with Crippen LogP contribution in [0.15, 0.2) is 67.0 Å². The fourth-order valence-electron chi connectivity index (χ4n) is 5.14. The van der Waals surface area contributed by atoms with E-state index in [1.54, 1.807) is 0 Å². The van der Waals surface area contributed by atoms with Crippen LogP contribution in [0.1, 0.15) is 55.2 Å². The third-order valence-electron chi connectivity index (χ3n) is 6.64. The first-order chi connectivity index (χ1) is 16.7. The van der Waals surface area contributed by atoms with E-state index in [2.05, 4.69) is 43.4 Å². The number of thiocarbonyl (C=S) groups is 1. The van der Waals surface area contributed by atoms with Gasteiger partial charge >= 0.3 is 0 Å². The molecular weight excluding hydrogens is 446 g/mol. The molecule has 3 aromatic rings. The molecule has 7 nitrogen and oxygen atoms in total. The van der Waals surface area contributed by atoms with Crippen LogP contribution in [0.2, 0.25) is 0 Å². The Kier molecular flexibility index (Phi) is 6.60. The van der Waals surface area contributed by atoms with E-state index >= 15 is 0 Å². The second kappa shape index (κ2) is 9.95. The molecule has 3 heterocycles. The lowest BCUT2D eigenvalue weighted by Crippen LogP contribution is -2.30. The van der Waals surface area contributed by atoms with E-state index in [4.69, 9.17) is 17.0 Å². The van der Waals surface area contributed by atoms with E-state index in [0.717, 1.165) is 17.1 Å². The summed E-state index contributed by atoms with van der Waals surface area (Å²) >= 11 is 5.86. The molecule has 1 aliphatic heterocycles. The molecule has 0 spiro atoms. The van der Waals surface area contributed by atoms with Gasteiger partial charge in [-0.1, -0.05) is 18.9 Å². The van der Waals surface area contributed by atoms with Crippen LogP contribution in [0.5, 0.6) is 0 Å². The van der Waals surface area contributed by atoms with E-state index < -0.39 is 0 Å². The first-order valence-corrected chi connectivity index (χ1v) is 12.1. The van der Waals surface area contributed by atoms with Gasteiger partial charge in [0.25, 0.3) is 0 Å².